The number of thiol groups is 1. The van der Waals surface area contributed by atoms with Crippen LogP contribution in [0, 0.1) is 5.82 Å². The van der Waals surface area contributed by atoms with E-state index in [2.05, 4.69) is 9.71 Å². The first kappa shape index (κ1) is 17.7. The van der Waals surface area contributed by atoms with Crippen molar-refractivity contribution in [2.24, 2.45) is 4.99 Å². The molecule has 1 saturated heterocycles. The largest absolute Gasteiger partial charge is 0.465 e. The molecule has 0 bridgehead atoms. The molecule has 0 aromatic heterocycles. The standard InChI is InChI=1S/C14H17F3N4O3S/c1-13(9-4-2-3-5-10(9)15)8-25(24)18-6-14(16,17)7-21(25)11(20-13)19-12(22)23/h2-5,25H,6-8H2,1H3,(H,18,24)(H,19,20)(H,22,23)/t13-/m0/s1. The number of carboxylic acid groups (broad SMARTS) is 1. The zero-order chi connectivity index (χ0) is 18.5. The molecule has 1 amide bonds. The van der Waals surface area contributed by atoms with E-state index in [1.54, 1.807) is 6.07 Å². The van der Waals surface area contributed by atoms with Gasteiger partial charge >= 0.3 is 6.09 Å². The van der Waals surface area contributed by atoms with E-state index >= 15 is 0 Å². The van der Waals surface area contributed by atoms with Crippen molar-refractivity contribution in [2.45, 2.75) is 18.4 Å². The molecule has 3 N–H and O–H groups in total. The summed E-state index contributed by atoms with van der Waals surface area (Å²) in [4.78, 5) is 15.2. The lowest BCUT2D eigenvalue weighted by Crippen LogP contribution is -2.69. The van der Waals surface area contributed by atoms with Crippen molar-refractivity contribution in [3.05, 3.63) is 35.6 Å². The second-order valence-corrected chi connectivity index (χ2v) is 8.75. The van der Waals surface area contributed by atoms with E-state index in [0.717, 1.165) is 4.31 Å². The Hall–Kier alpha value is -2.14. The maximum Gasteiger partial charge on any atom is 0.411 e. The number of amides is 1. The summed E-state index contributed by atoms with van der Waals surface area (Å²) in [5, 5.41) is 10.9. The number of hydrogen-bond donors (Lipinski definition) is 4. The van der Waals surface area contributed by atoms with Crippen molar-refractivity contribution in [2.75, 3.05) is 18.8 Å². The summed E-state index contributed by atoms with van der Waals surface area (Å²) >= 11 is 0. The van der Waals surface area contributed by atoms with Gasteiger partial charge in [0.2, 0.25) is 5.96 Å². The SMILES string of the molecule is C[C@@]1(c2ccccc2F)C[SH]2(=O)NCC(F)(F)CN2C(NC(=O)O)=N1. The zero-order valence-corrected chi connectivity index (χ0v) is 14.1. The summed E-state index contributed by atoms with van der Waals surface area (Å²) in [6, 6.07) is 5.68. The minimum Gasteiger partial charge on any atom is -0.465 e. The third kappa shape index (κ3) is 3.21. The number of alkyl halides is 2. The van der Waals surface area contributed by atoms with Crippen LogP contribution in [0.2, 0.25) is 0 Å². The lowest BCUT2D eigenvalue weighted by Gasteiger charge is -2.50. The highest BCUT2D eigenvalue weighted by Crippen LogP contribution is 2.38. The Morgan fingerprint density at radius 1 is 1.44 bits per heavy atom. The number of hydrogen-bond acceptors (Lipinski definition) is 3. The Labute approximate surface area is 142 Å². The number of fused-ring (bicyclic) bond motifs is 1. The molecule has 3 rings (SSSR count). The molecular weight excluding hydrogens is 361 g/mol. The Morgan fingerprint density at radius 2 is 2.12 bits per heavy atom. The van der Waals surface area contributed by atoms with Crippen molar-refractivity contribution in [3.8, 4) is 0 Å². The number of nitrogens with one attached hydrogen (secondary N) is 2. The average molecular weight is 378 g/mol. The first-order valence-corrected chi connectivity index (χ1v) is 9.24. The molecule has 1 aromatic carbocycles. The highest BCUT2D eigenvalue weighted by molar-refractivity contribution is 7.99. The lowest BCUT2D eigenvalue weighted by molar-refractivity contribution is -0.00850. The topological polar surface area (TPSA) is 94.0 Å². The minimum absolute atomic E-state index is 0.105. The number of rotatable bonds is 1. The first-order valence-electron chi connectivity index (χ1n) is 7.40. The van der Waals surface area contributed by atoms with Gasteiger partial charge in [-0.2, -0.15) is 0 Å². The van der Waals surface area contributed by atoms with Crippen LogP contribution >= 0.6 is 0 Å². The molecule has 0 radical (unpaired) electrons. The number of halogens is 3. The fourth-order valence-corrected chi connectivity index (χ4v) is 5.90. The van der Waals surface area contributed by atoms with E-state index < -0.39 is 52.7 Å². The van der Waals surface area contributed by atoms with Gasteiger partial charge in [0, 0.05) is 15.9 Å². The van der Waals surface area contributed by atoms with Crippen molar-refractivity contribution < 1.29 is 27.3 Å². The Kier molecular flexibility index (Phi) is 4.03. The number of nitrogens with zero attached hydrogens (tertiary/aromatic N) is 2. The van der Waals surface area contributed by atoms with Gasteiger partial charge in [-0.1, -0.05) is 18.2 Å². The molecule has 1 aromatic rings. The predicted octanol–water partition coefficient (Wildman–Crippen LogP) is 1.07. The average Bonchev–Trinajstić information content (AvgIpc) is 2.48. The molecule has 2 heterocycles. The fraction of sp³-hybridized carbons (Fsp3) is 0.429. The lowest BCUT2D eigenvalue weighted by atomic mass is 9.94. The second kappa shape index (κ2) is 5.70. The van der Waals surface area contributed by atoms with Gasteiger partial charge in [0.1, 0.15) is 11.4 Å². The zero-order valence-electron chi connectivity index (χ0n) is 13.2. The molecule has 11 heteroatoms. The number of aliphatic imine (C=N–C) groups is 1. The normalized spacial score (nSPS) is 28.5. The van der Waals surface area contributed by atoms with Crippen LogP contribution in [0.5, 0.6) is 0 Å². The van der Waals surface area contributed by atoms with Crippen molar-refractivity contribution in [1.29, 1.82) is 0 Å². The van der Waals surface area contributed by atoms with E-state index in [1.165, 1.54) is 25.1 Å². The number of carbonyl (C=O) groups is 1. The Bertz CT molecular complexity index is 803. The van der Waals surface area contributed by atoms with Gasteiger partial charge in [0.05, 0.1) is 18.8 Å². The van der Waals surface area contributed by atoms with Gasteiger partial charge in [-0.05, 0) is 13.0 Å². The van der Waals surface area contributed by atoms with Gasteiger partial charge < -0.3 is 5.11 Å². The molecule has 0 aliphatic carbocycles. The molecule has 0 unspecified atom stereocenters. The maximum atomic E-state index is 14.2. The van der Waals surface area contributed by atoms with Crippen molar-refractivity contribution in [1.82, 2.24) is 14.3 Å². The van der Waals surface area contributed by atoms with Crippen LogP contribution in [0.25, 0.3) is 0 Å². The molecule has 0 saturated carbocycles. The molecule has 2 aliphatic heterocycles. The van der Waals surface area contributed by atoms with E-state index in [1.807, 2.05) is 5.32 Å². The maximum absolute atomic E-state index is 14.2. The Balaban J connectivity index is 2.13. The van der Waals surface area contributed by atoms with Gasteiger partial charge in [0.25, 0.3) is 5.92 Å². The third-order valence-electron chi connectivity index (χ3n) is 4.15. The highest BCUT2D eigenvalue weighted by atomic mass is 32.3. The van der Waals surface area contributed by atoms with Crippen LogP contribution in [0.1, 0.15) is 12.5 Å². The molecule has 1 fully saturated rings. The van der Waals surface area contributed by atoms with Crippen LogP contribution in [-0.4, -0.2) is 50.4 Å². The molecule has 1 atom stereocenters. The first-order chi connectivity index (χ1) is 11.5. The summed E-state index contributed by atoms with van der Waals surface area (Å²) in [6.07, 6.45) is -1.54. The molecule has 0 spiro atoms. The van der Waals surface area contributed by atoms with Crippen LogP contribution in [0.15, 0.2) is 29.3 Å². The van der Waals surface area contributed by atoms with Gasteiger partial charge in [0.15, 0.2) is 0 Å². The summed E-state index contributed by atoms with van der Waals surface area (Å²) in [5.41, 5.74) is -1.27. The smallest absolute Gasteiger partial charge is 0.411 e. The third-order valence-corrected chi connectivity index (χ3v) is 6.96. The van der Waals surface area contributed by atoms with Crippen LogP contribution < -0.4 is 10.0 Å². The number of benzene rings is 1. The monoisotopic (exact) mass is 378 g/mol. The summed E-state index contributed by atoms with van der Waals surface area (Å²) in [5.74, 6) is -4.55. The molecule has 7 nitrogen and oxygen atoms in total. The van der Waals surface area contributed by atoms with E-state index in [9.17, 15) is 22.2 Å². The second-order valence-electron chi connectivity index (χ2n) is 6.23. The molecule has 2 aliphatic rings. The van der Waals surface area contributed by atoms with E-state index in [4.69, 9.17) is 5.11 Å². The van der Waals surface area contributed by atoms with Gasteiger partial charge in [-0.3, -0.25) is 13.8 Å². The minimum atomic E-state index is -3.64. The quantitative estimate of drug-likeness (QED) is 0.551. The summed E-state index contributed by atoms with van der Waals surface area (Å²) in [6.45, 7) is -0.265. The van der Waals surface area contributed by atoms with Gasteiger partial charge in [-0.25, -0.2) is 27.7 Å². The number of guanidine groups is 1. The molecule has 25 heavy (non-hydrogen) atoms. The predicted molar refractivity (Wildman–Crippen MR) is 86.4 cm³/mol. The summed E-state index contributed by atoms with van der Waals surface area (Å²) in [7, 11) is -3.64. The fourth-order valence-electron chi connectivity index (χ4n) is 3.06. The van der Waals surface area contributed by atoms with Crippen LogP contribution in [0.3, 0.4) is 0 Å². The molecule has 138 valence electrons. The van der Waals surface area contributed by atoms with Gasteiger partial charge in [-0.15, -0.1) is 0 Å². The van der Waals surface area contributed by atoms with E-state index in [-0.39, 0.29) is 11.3 Å². The van der Waals surface area contributed by atoms with Crippen molar-refractivity contribution in [3.63, 3.8) is 0 Å². The van der Waals surface area contributed by atoms with E-state index in [0.29, 0.717) is 0 Å². The molecular formula is C14H17F3N4O3S. The summed E-state index contributed by atoms with van der Waals surface area (Å²) < 4.78 is 58.0. The van der Waals surface area contributed by atoms with Crippen LogP contribution in [0.4, 0.5) is 18.0 Å². The highest BCUT2D eigenvalue weighted by Gasteiger charge is 2.50. The van der Waals surface area contributed by atoms with Crippen molar-refractivity contribution >= 4 is 22.4 Å². The van der Waals surface area contributed by atoms with Crippen LogP contribution in [-0.2, 0) is 15.8 Å². The Morgan fingerprint density at radius 3 is 2.76 bits per heavy atom.